The highest BCUT2D eigenvalue weighted by Gasteiger charge is 2.18. The molecule has 0 fully saturated rings. The summed E-state index contributed by atoms with van der Waals surface area (Å²) in [4.78, 5) is 18.6. The molecule has 0 aliphatic rings. The molecule has 0 N–H and O–H groups in total. The molecule has 1 aromatic carbocycles. The molecule has 3 nitrogen and oxygen atoms in total. The number of carbonyl (C=O) groups is 1. The molecule has 0 aliphatic carbocycles. The van der Waals surface area contributed by atoms with E-state index in [9.17, 15) is 4.79 Å². The van der Waals surface area contributed by atoms with E-state index in [0.29, 0.717) is 18.7 Å². The summed E-state index contributed by atoms with van der Waals surface area (Å²) in [6.45, 7) is 9.28. The highest BCUT2D eigenvalue weighted by Crippen LogP contribution is 2.25. The third-order valence-corrected chi connectivity index (χ3v) is 3.78. The van der Waals surface area contributed by atoms with E-state index in [4.69, 9.17) is 11.6 Å². The van der Waals surface area contributed by atoms with Crippen molar-refractivity contribution in [1.82, 2.24) is 9.88 Å². The van der Waals surface area contributed by atoms with Gasteiger partial charge in [0.05, 0.1) is 11.1 Å². The number of benzene rings is 1. The van der Waals surface area contributed by atoms with E-state index in [2.05, 4.69) is 11.1 Å². The molecule has 2 rings (SSSR count). The Balaban J connectivity index is 2.61. The van der Waals surface area contributed by atoms with E-state index >= 15 is 0 Å². The van der Waals surface area contributed by atoms with E-state index < -0.39 is 0 Å². The Kier molecular flexibility index (Phi) is 4.29. The average molecular weight is 291 g/mol. The smallest absolute Gasteiger partial charge is 0.256 e. The van der Waals surface area contributed by atoms with Gasteiger partial charge in [-0.05, 0) is 45.4 Å². The summed E-state index contributed by atoms with van der Waals surface area (Å²) in [6.07, 6.45) is 0. The van der Waals surface area contributed by atoms with Crippen molar-refractivity contribution in [3.63, 3.8) is 0 Å². The van der Waals surface area contributed by atoms with E-state index in [-0.39, 0.29) is 11.1 Å². The summed E-state index contributed by atoms with van der Waals surface area (Å²) in [6, 6.07) is 5.95. The lowest BCUT2D eigenvalue weighted by Gasteiger charge is -2.19. The van der Waals surface area contributed by atoms with E-state index in [1.54, 1.807) is 4.90 Å². The molecule has 0 radical (unpaired) electrons. The van der Waals surface area contributed by atoms with Crippen molar-refractivity contribution in [3.05, 3.63) is 40.0 Å². The summed E-state index contributed by atoms with van der Waals surface area (Å²) in [5.74, 6) is -0.0615. The minimum atomic E-state index is -0.0615. The Hall–Kier alpha value is -1.61. The van der Waals surface area contributed by atoms with Gasteiger partial charge in [0.25, 0.3) is 5.91 Å². The third-order valence-electron chi connectivity index (χ3n) is 3.49. The van der Waals surface area contributed by atoms with Crippen LogP contribution < -0.4 is 0 Å². The first-order chi connectivity index (χ1) is 9.47. The van der Waals surface area contributed by atoms with Gasteiger partial charge in [0.1, 0.15) is 5.15 Å². The molecule has 0 saturated carbocycles. The second kappa shape index (κ2) is 5.80. The maximum Gasteiger partial charge on any atom is 0.256 e. The Morgan fingerprint density at radius 1 is 1.20 bits per heavy atom. The standard InChI is InChI=1S/C16H19ClN2O/c1-5-19(6-2)16(20)13-9-12-8-10(3)7-11(4)14(12)18-15(13)17/h7-9H,5-6H2,1-4H3. The summed E-state index contributed by atoms with van der Waals surface area (Å²) in [5, 5.41) is 1.24. The van der Waals surface area contributed by atoms with Crippen LogP contribution >= 0.6 is 11.6 Å². The summed E-state index contributed by atoms with van der Waals surface area (Å²) in [7, 11) is 0. The van der Waals surface area contributed by atoms with E-state index in [1.165, 1.54) is 0 Å². The highest BCUT2D eigenvalue weighted by molar-refractivity contribution is 6.33. The lowest BCUT2D eigenvalue weighted by Crippen LogP contribution is -2.30. The molecule has 106 valence electrons. The van der Waals surface area contributed by atoms with Crippen LogP contribution in [0.3, 0.4) is 0 Å². The molecular weight excluding hydrogens is 272 g/mol. The number of hydrogen-bond acceptors (Lipinski definition) is 2. The predicted octanol–water partition coefficient (Wildman–Crippen LogP) is 3.99. The van der Waals surface area contributed by atoms with Gasteiger partial charge in [0, 0.05) is 18.5 Å². The molecule has 0 aliphatic heterocycles. The van der Waals surface area contributed by atoms with Gasteiger partial charge in [0.15, 0.2) is 0 Å². The fourth-order valence-electron chi connectivity index (χ4n) is 2.46. The fraction of sp³-hybridized carbons (Fsp3) is 0.375. The number of aromatic nitrogens is 1. The first kappa shape index (κ1) is 14.8. The summed E-state index contributed by atoms with van der Waals surface area (Å²) in [5.41, 5.74) is 3.56. The molecule has 20 heavy (non-hydrogen) atoms. The van der Waals surface area contributed by atoms with Crippen molar-refractivity contribution in [2.45, 2.75) is 27.7 Å². The van der Waals surface area contributed by atoms with Gasteiger partial charge in [-0.2, -0.15) is 0 Å². The average Bonchev–Trinajstić information content (AvgIpc) is 2.40. The number of fused-ring (bicyclic) bond motifs is 1. The van der Waals surface area contributed by atoms with Crippen LogP contribution in [0.4, 0.5) is 0 Å². The highest BCUT2D eigenvalue weighted by atomic mass is 35.5. The van der Waals surface area contributed by atoms with Crippen LogP contribution in [0.25, 0.3) is 10.9 Å². The van der Waals surface area contributed by atoms with Gasteiger partial charge in [0.2, 0.25) is 0 Å². The number of rotatable bonds is 3. The molecule has 4 heteroatoms. The van der Waals surface area contributed by atoms with Gasteiger partial charge >= 0.3 is 0 Å². The molecule has 1 aromatic heterocycles. The SMILES string of the molecule is CCN(CC)C(=O)c1cc2cc(C)cc(C)c2nc1Cl. The van der Waals surface area contributed by atoms with Crippen molar-refractivity contribution in [2.24, 2.45) is 0 Å². The minimum absolute atomic E-state index is 0.0615. The summed E-state index contributed by atoms with van der Waals surface area (Å²) >= 11 is 6.21. The zero-order valence-electron chi connectivity index (χ0n) is 12.3. The number of hydrogen-bond donors (Lipinski definition) is 0. The maximum absolute atomic E-state index is 12.4. The molecule has 0 spiro atoms. The Labute approximate surface area is 124 Å². The van der Waals surface area contributed by atoms with Crippen molar-refractivity contribution in [3.8, 4) is 0 Å². The molecule has 0 saturated heterocycles. The van der Waals surface area contributed by atoms with Gasteiger partial charge in [-0.3, -0.25) is 4.79 Å². The molecule has 0 bridgehead atoms. The van der Waals surface area contributed by atoms with E-state index in [0.717, 1.165) is 22.0 Å². The number of pyridine rings is 1. The van der Waals surface area contributed by atoms with E-state index in [1.807, 2.05) is 39.8 Å². The monoisotopic (exact) mass is 290 g/mol. The second-order valence-electron chi connectivity index (χ2n) is 4.96. The van der Waals surface area contributed by atoms with Crippen LogP contribution in [0.1, 0.15) is 35.3 Å². The number of carbonyl (C=O) groups excluding carboxylic acids is 1. The zero-order chi connectivity index (χ0) is 14.9. The fourth-order valence-corrected chi connectivity index (χ4v) is 2.68. The van der Waals surface area contributed by atoms with Crippen molar-refractivity contribution < 1.29 is 4.79 Å². The van der Waals surface area contributed by atoms with Gasteiger partial charge < -0.3 is 4.90 Å². The van der Waals surface area contributed by atoms with Gasteiger partial charge in [-0.25, -0.2) is 4.98 Å². The predicted molar refractivity (Wildman–Crippen MR) is 83.5 cm³/mol. The number of nitrogens with zero attached hydrogens (tertiary/aromatic N) is 2. The molecule has 1 heterocycles. The molecular formula is C16H19ClN2O. The van der Waals surface area contributed by atoms with Crippen LogP contribution in [0.2, 0.25) is 5.15 Å². The van der Waals surface area contributed by atoms with Crippen molar-refractivity contribution in [2.75, 3.05) is 13.1 Å². The quantitative estimate of drug-likeness (QED) is 0.801. The topological polar surface area (TPSA) is 33.2 Å². The number of amides is 1. The lowest BCUT2D eigenvalue weighted by atomic mass is 10.0. The van der Waals surface area contributed by atoms with Gasteiger partial charge in [-0.15, -0.1) is 0 Å². The first-order valence-electron chi connectivity index (χ1n) is 6.84. The first-order valence-corrected chi connectivity index (χ1v) is 7.22. The number of aryl methyl sites for hydroxylation is 2. The minimum Gasteiger partial charge on any atom is -0.339 e. The van der Waals surface area contributed by atoms with Crippen LogP contribution in [-0.4, -0.2) is 28.9 Å². The maximum atomic E-state index is 12.4. The van der Waals surface area contributed by atoms with Crippen molar-refractivity contribution in [1.29, 1.82) is 0 Å². The molecule has 2 aromatic rings. The van der Waals surface area contributed by atoms with Crippen LogP contribution in [0, 0.1) is 13.8 Å². The summed E-state index contributed by atoms with van der Waals surface area (Å²) < 4.78 is 0. The molecule has 1 amide bonds. The Bertz CT molecular complexity index is 663. The van der Waals surface area contributed by atoms with Gasteiger partial charge in [-0.1, -0.05) is 23.2 Å². The van der Waals surface area contributed by atoms with Crippen LogP contribution in [0.15, 0.2) is 18.2 Å². The van der Waals surface area contributed by atoms with Crippen molar-refractivity contribution >= 4 is 28.4 Å². The lowest BCUT2D eigenvalue weighted by molar-refractivity contribution is 0.0773. The normalized spacial score (nSPS) is 10.8. The molecule has 0 atom stereocenters. The second-order valence-corrected chi connectivity index (χ2v) is 5.32. The van der Waals surface area contributed by atoms with Crippen LogP contribution in [-0.2, 0) is 0 Å². The Morgan fingerprint density at radius 2 is 1.85 bits per heavy atom. The van der Waals surface area contributed by atoms with Crippen LogP contribution in [0.5, 0.6) is 0 Å². The molecule has 0 unspecified atom stereocenters. The third kappa shape index (κ3) is 2.63. The Morgan fingerprint density at radius 3 is 2.45 bits per heavy atom. The largest absolute Gasteiger partial charge is 0.339 e. The zero-order valence-corrected chi connectivity index (χ0v) is 13.1. The number of halogens is 1.